The number of rotatable bonds is 12. The highest BCUT2D eigenvalue weighted by Gasteiger charge is 2.57. The van der Waals surface area contributed by atoms with Gasteiger partial charge in [-0.25, -0.2) is 0 Å². The summed E-state index contributed by atoms with van der Waals surface area (Å²) in [6.07, 6.45) is 8.60. The maximum absolute atomic E-state index is 13.6. The predicted octanol–water partition coefficient (Wildman–Crippen LogP) is 2.13. The van der Waals surface area contributed by atoms with Crippen LogP contribution in [0.1, 0.15) is 92.4 Å². The quantitative estimate of drug-likeness (QED) is 0.265. The minimum Gasteiger partial charge on any atom is -0.390 e. The fraction of sp³-hybridized carbons (Fsp3) is 0.633. The van der Waals surface area contributed by atoms with Crippen LogP contribution < -0.4 is 21.5 Å². The first-order valence-electron chi connectivity index (χ1n) is 15.2. The average Bonchev–Trinajstić information content (AvgIpc) is 3.67. The number of Topliss-reactive ketones (excluding diaryl/α,β-unsaturated/α-hetero) is 1. The Morgan fingerprint density at radius 2 is 1.91 bits per heavy atom. The smallest absolute Gasteiger partial charge is 0.287 e. The van der Waals surface area contributed by atoms with Crippen molar-refractivity contribution in [2.75, 3.05) is 11.9 Å². The summed E-state index contributed by atoms with van der Waals surface area (Å²) >= 11 is 0.943. The maximum atomic E-state index is 13.6. The monoisotopic (exact) mass is 610 g/mol. The predicted molar refractivity (Wildman–Crippen MR) is 157 cm³/mol. The Labute approximate surface area is 253 Å². The number of aromatic nitrogens is 3. The lowest BCUT2D eigenvalue weighted by atomic mass is 9.48. The third-order valence-corrected chi connectivity index (χ3v) is 10.2. The molecule has 3 amide bonds. The minimum atomic E-state index is -1.19. The van der Waals surface area contributed by atoms with Crippen molar-refractivity contribution in [2.24, 2.45) is 17.3 Å². The van der Waals surface area contributed by atoms with Crippen molar-refractivity contribution in [2.45, 2.75) is 95.2 Å². The Bertz CT molecular complexity index is 1480. The van der Waals surface area contributed by atoms with Gasteiger partial charge in [0.1, 0.15) is 16.6 Å². The molecule has 43 heavy (non-hydrogen) atoms. The molecule has 2 aromatic heterocycles. The Hall–Kier alpha value is -3.45. The van der Waals surface area contributed by atoms with Crippen LogP contribution in [0.2, 0.25) is 0 Å². The molecule has 230 valence electrons. The maximum Gasteiger partial charge on any atom is 0.287 e. The van der Waals surface area contributed by atoms with Crippen LogP contribution in [0.15, 0.2) is 23.1 Å². The van der Waals surface area contributed by atoms with E-state index in [9.17, 15) is 29.1 Å². The van der Waals surface area contributed by atoms with Gasteiger partial charge in [-0.3, -0.25) is 24.0 Å². The molecule has 5 saturated carbocycles. The lowest BCUT2D eigenvalue weighted by Crippen LogP contribution is -2.57. The van der Waals surface area contributed by atoms with Crippen molar-refractivity contribution in [3.63, 3.8) is 0 Å². The van der Waals surface area contributed by atoms with E-state index in [1.807, 2.05) is 0 Å². The molecule has 2 heterocycles. The molecule has 12 nitrogen and oxygen atoms in total. The van der Waals surface area contributed by atoms with E-state index in [1.54, 1.807) is 23.8 Å². The van der Waals surface area contributed by atoms with Crippen LogP contribution in [0.5, 0.6) is 0 Å². The van der Waals surface area contributed by atoms with Gasteiger partial charge in [0.15, 0.2) is 0 Å². The van der Waals surface area contributed by atoms with Crippen molar-refractivity contribution >= 4 is 40.7 Å². The first-order chi connectivity index (χ1) is 20.6. The number of anilines is 1. The summed E-state index contributed by atoms with van der Waals surface area (Å²) in [6.45, 7) is 2.45. The second-order valence-electron chi connectivity index (χ2n) is 13.1. The molecule has 0 saturated heterocycles. The third kappa shape index (κ3) is 6.28. The van der Waals surface area contributed by atoms with E-state index in [0.717, 1.165) is 56.5 Å². The summed E-state index contributed by atoms with van der Waals surface area (Å²) in [4.78, 5) is 65.0. The van der Waals surface area contributed by atoms with Gasteiger partial charge >= 0.3 is 0 Å². The summed E-state index contributed by atoms with van der Waals surface area (Å²) in [5.74, 6) is -1.53. The minimum absolute atomic E-state index is 0.0587. The first kappa shape index (κ1) is 29.6. The van der Waals surface area contributed by atoms with Crippen LogP contribution in [0.4, 0.5) is 5.69 Å². The summed E-state index contributed by atoms with van der Waals surface area (Å²) < 4.78 is 5.52. The zero-order chi connectivity index (χ0) is 30.4. The second-order valence-corrected chi connectivity index (χ2v) is 13.9. The number of ketones is 1. The average molecular weight is 611 g/mol. The number of pyridine rings is 1. The summed E-state index contributed by atoms with van der Waals surface area (Å²) in [6, 6.07) is 2.02. The number of hydrogen-bond acceptors (Lipinski definition) is 9. The van der Waals surface area contributed by atoms with E-state index in [-0.39, 0.29) is 42.0 Å². The third-order valence-electron chi connectivity index (χ3n) is 9.49. The van der Waals surface area contributed by atoms with Crippen LogP contribution in [0.25, 0.3) is 0 Å². The van der Waals surface area contributed by atoms with Crippen LogP contribution in [0, 0.1) is 17.3 Å². The lowest BCUT2D eigenvalue weighted by Gasteiger charge is -2.60. The van der Waals surface area contributed by atoms with Crippen LogP contribution in [-0.2, 0) is 20.9 Å². The summed E-state index contributed by atoms with van der Waals surface area (Å²) in [7, 11) is 0. The van der Waals surface area contributed by atoms with Crippen molar-refractivity contribution in [1.82, 2.24) is 24.8 Å². The molecule has 7 rings (SSSR count). The molecular weight excluding hydrogens is 572 g/mol. The van der Waals surface area contributed by atoms with Gasteiger partial charge in [-0.15, -0.1) is 5.10 Å². The highest BCUT2D eigenvalue weighted by molar-refractivity contribution is 7.08. The molecule has 4 bridgehead atoms. The van der Waals surface area contributed by atoms with Crippen molar-refractivity contribution in [1.29, 1.82) is 0 Å². The van der Waals surface area contributed by atoms with Crippen molar-refractivity contribution in [3.05, 3.63) is 39.3 Å². The van der Waals surface area contributed by atoms with Gasteiger partial charge in [0.05, 0.1) is 11.3 Å². The molecule has 5 fully saturated rings. The van der Waals surface area contributed by atoms with Gasteiger partial charge in [-0.05, 0) is 106 Å². The van der Waals surface area contributed by atoms with Gasteiger partial charge in [-0.1, -0.05) is 4.49 Å². The first-order valence-corrected chi connectivity index (χ1v) is 16.0. The number of nitrogens with one attached hydrogen (secondary N) is 3. The van der Waals surface area contributed by atoms with E-state index in [1.165, 1.54) is 6.07 Å². The van der Waals surface area contributed by atoms with E-state index in [4.69, 9.17) is 0 Å². The molecule has 5 aliphatic rings. The standard InChI is InChI=1S/C30H38N6O6S/c1-2-31-26(39)22(37)8-7-20(32-27(40)24-23(19-5-6-19)34-35-43-24)25(38)33-21-4-3-9-36(28(21)41)16-29-11-17-10-18(12-29)14-30(42,13-17)15-29/h3-4,9,17-20,42H,2,5-8,10-16H2,1H3,(H,31,39)(H,32,40)(H,33,38)/t17?,18?,20-,29?,30?/m0/s1. The number of nitrogens with zero attached hydrogens (tertiary/aromatic N) is 3. The van der Waals surface area contributed by atoms with E-state index in [0.29, 0.717) is 35.4 Å². The number of carbonyl (C=O) groups excluding carboxylic acids is 4. The SMILES string of the molecule is CCNC(=O)C(=O)CC[C@H](NC(=O)c1snnc1C1CC1)C(=O)Nc1cccn(CC23CC4CC(CC(O)(C4)C2)C3)c1=O. The fourth-order valence-corrected chi connectivity index (χ4v) is 8.70. The van der Waals surface area contributed by atoms with Crippen LogP contribution >= 0.6 is 11.5 Å². The number of amides is 3. The lowest BCUT2D eigenvalue weighted by molar-refractivity contribution is -0.168. The molecule has 0 radical (unpaired) electrons. The van der Waals surface area contributed by atoms with Crippen LogP contribution in [-0.4, -0.2) is 61.0 Å². The number of likely N-dealkylation sites (N-methyl/N-ethyl adjacent to an activating group) is 1. The second kappa shape index (κ2) is 11.6. The molecule has 5 aliphatic carbocycles. The molecule has 2 aromatic rings. The fourth-order valence-electron chi connectivity index (χ4n) is 8.04. The summed E-state index contributed by atoms with van der Waals surface area (Å²) in [5, 5.41) is 23.0. The molecule has 3 atom stereocenters. The van der Waals surface area contributed by atoms with Crippen LogP contribution in [0.3, 0.4) is 0 Å². The summed E-state index contributed by atoms with van der Waals surface area (Å²) in [5.41, 5.74) is -0.513. The number of carbonyl (C=O) groups is 4. The molecule has 13 heteroatoms. The van der Waals surface area contributed by atoms with Gasteiger partial charge in [0, 0.05) is 31.6 Å². The normalized spacial score (nSPS) is 27.9. The molecular formula is C30H38N6O6S. The molecule has 0 aromatic carbocycles. The molecule has 0 aliphatic heterocycles. The van der Waals surface area contributed by atoms with Gasteiger partial charge in [-0.2, -0.15) is 0 Å². The molecule has 0 spiro atoms. The van der Waals surface area contributed by atoms with E-state index >= 15 is 0 Å². The number of hydrogen-bond donors (Lipinski definition) is 4. The largest absolute Gasteiger partial charge is 0.390 e. The Kier molecular flexibility index (Phi) is 7.97. The highest BCUT2D eigenvalue weighted by atomic mass is 32.1. The highest BCUT2D eigenvalue weighted by Crippen LogP contribution is 2.62. The number of aliphatic hydroxyl groups is 1. The van der Waals surface area contributed by atoms with E-state index < -0.39 is 35.1 Å². The Balaban J connectivity index is 1.18. The topological polar surface area (TPSA) is 172 Å². The van der Waals surface area contributed by atoms with Gasteiger partial charge < -0.3 is 25.6 Å². The molecule has 4 N–H and O–H groups in total. The molecule has 2 unspecified atom stereocenters. The zero-order valence-corrected chi connectivity index (χ0v) is 25.1. The van der Waals surface area contributed by atoms with Gasteiger partial charge in [0.2, 0.25) is 11.7 Å². The van der Waals surface area contributed by atoms with Crippen molar-refractivity contribution < 1.29 is 24.3 Å². The zero-order valence-electron chi connectivity index (χ0n) is 24.3. The van der Waals surface area contributed by atoms with Gasteiger partial charge in [0.25, 0.3) is 17.4 Å². The Morgan fingerprint density at radius 3 is 2.58 bits per heavy atom. The van der Waals surface area contributed by atoms with E-state index in [2.05, 4.69) is 25.5 Å². The Morgan fingerprint density at radius 1 is 1.16 bits per heavy atom. The van der Waals surface area contributed by atoms with Crippen molar-refractivity contribution in [3.8, 4) is 0 Å².